The number of halogens is 5. The van der Waals surface area contributed by atoms with Crippen molar-refractivity contribution in [2.24, 2.45) is 0 Å². The molecule has 1 N–H and O–H groups in total. The summed E-state index contributed by atoms with van der Waals surface area (Å²) in [5.41, 5.74) is 2.70. The van der Waals surface area contributed by atoms with Crippen LogP contribution in [0.3, 0.4) is 0 Å². The average molecular weight is 491 g/mol. The molecule has 0 aliphatic carbocycles. The van der Waals surface area contributed by atoms with Crippen LogP contribution < -0.4 is 4.90 Å². The van der Waals surface area contributed by atoms with Crippen molar-refractivity contribution in [2.45, 2.75) is 24.9 Å². The zero-order valence-corrected chi connectivity index (χ0v) is 18.8. The number of benzene rings is 2. The van der Waals surface area contributed by atoms with Crippen molar-refractivity contribution in [1.29, 1.82) is 0 Å². The number of hydrogen-bond donors (Lipinski definition) is 1. The lowest BCUT2D eigenvalue weighted by atomic mass is 9.89. The van der Waals surface area contributed by atoms with Crippen LogP contribution in [-0.4, -0.2) is 28.0 Å². The summed E-state index contributed by atoms with van der Waals surface area (Å²) in [5, 5.41) is 0.898. The van der Waals surface area contributed by atoms with E-state index in [0.29, 0.717) is 15.9 Å². The van der Waals surface area contributed by atoms with Crippen molar-refractivity contribution >= 4 is 40.1 Å². The number of nitrogens with zero attached hydrogens (tertiary/aromatic N) is 3. The van der Waals surface area contributed by atoms with Crippen LogP contribution in [-0.2, 0) is 6.18 Å². The molecule has 0 atom stereocenters. The second kappa shape index (κ2) is 8.54. The maximum Gasteiger partial charge on any atom is 0.416 e. The number of piperidine rings is 1. The number of hydrogen-bond acceptors (Lipinski definition) is 3. The molecule has 0 spiro atoms. The molecule has 0 bridgehead atoms. The largest absolute Gasteiger partial charge is 0.416 e. The number of rotatable bonds is 3. The summed E-state index contributed by atoms with van der Waals surface area (Å²) in [6.45, 7) is 1.49. The fourth-order valence-electron chi connectivity index (χ4n) is 4.34. The Balaban J connectivity index is 1.36. The molecule has 2 aromatic heterocycles. The minimum atomic E-state index is -4.31. The summed E-state index contributed by atoms with van der Waals surface area (Å²) < 4.78 is 38.6. The highest BCUT2D eigenvalue weighted by Gasteiger charge is 2.31. The van der Waals surface area contributed by atoms with E-state index in [1.807, 2.05) is 12.1 Å². The van der Waals surface area contributed by atoms with Gasteiger partial charge in [0.15, 0.2) is 0 Å². The minimum Gasteiger partial charge on any atom is -0.356 e. The zero-order valence-electron chi connectivity index (χ0n) is 17.3. The third-order valence-electron chi connectivity index (χ3n) is 6.07. The molecule has 0 amide bonds. The van der Waals surface area contributed by atoms with Gasteiger partial charge in [0.1, 0.15) is 11.6 Å². The molecule has 1 fully saturated rings. The molecule has 2 aromatic carbocycles. The molecule has 4 aromatic rings. The SMILES string of the molecule is FC(F)(F)c1ccc(C2CCN(c3ncccc3-c3nc4cc(Cl)c(Cl)cc4[nH]3)CC2)cc1. The highest BCUT2D eigenvalue weighted by atomic mass is 35.5. The molecule has 1 saturated heterocycles. The quantitative estimate of drug-likeness (QED) is 0.326. The highest BCUT2D eigenvalue weighted by Crippen LogP contribution is 2.36. The molecule has 9 heteroatoms. The average Bonchev–Trinajstić information content (AvgIpc) is 3.21. The van der Waals surface area contributed by atoms with Crippen molar-refractivity contribution < 1.29 is 13.2 Å². The Morgan fingerprint density at radius 2 is 1.67 bits per heavy atom. The molecule has 3 heterocycles. The van der Waals surface area contributed by atoms with Gasteiger partial charge in [-0.25, -0.2) is 9.97 Å². The summed E-state index contributed by atoms with van der Waals surface area (Å²) >= 11 is 12.3. The Hall–Kier alpha value is -2.77. The van der Waals surface area contributed by atoms with Crippen molar-refractivity contribution in [3.05, 3.63) is 75.9 Å². The Bertz CT molecular complexity index is 1250. The second-order valence-electron chi connectivity index (χ2n) is 8.12. The number of imidazole rings is 1. The van der Waals surface area contributed by atoms with Gasteiger partial charge < -0.3 is 9.88 Å². The van der Waals surface area contributed by atoms with Gasteiger partial charge in [-0.15, -0.1) is 0 Å². The molecular formula is C24H19Cl2F3N4. The minimum absolute atomic E-state index is 0.214. The molecular weight excluding hydrogens is 472 g/mol. The molecule has 4 nitrogen and oxygen atoms in total. The fraction of sp³-hybridized carbons (Fsp3) is 0.250. The highest BCUT2D eigenvalue weighted by molar-refractivity contribution is 6.42. The predicted octanol–water partition coefficient (Wildman–Crippen LogP) is 7.33. The lowest BCUT2D eigenvalue weighted by Crippen LogP contribution is -2.33. The molecule has 0 radical (unpaired) electrons. The maximum absolute atomic E-state index is 12.9. The van der Waals surface area contributed by atoms with Gasteiger partial charge in [-0.1, -0.05) is 35.3 Å². The van der Waals surface area contributed by atoms with E-state index in [1.165, 1.54) is 12.1 Å². The zero-order chi connectivity index (χ0) is 23.2. The van der Waals surface area contributed by atoms with Gasteiger partial charge in [0.2, 0.25) is 0 Å². The van der Waals surface area contributed by atoms with Crippen molar-refractivity contribution in [2.75, 3.05) is 18.0 Å². The van der Waals surface area contributed by atoms with E-state index in [2.05, 4.69) is 19.9 Å². The van der Waals surface area contributed by atoms with E-state index < -0.39 is 11.7 Å². The summed E-state index contributed by atoms with van der Waals surface area (Å²) in [4.78, 5) is 14.8. The third kappa shape index (κ3) is 4.39. The van der Waals surface area contributed by atoms with Gasteiger partial charge in [-0.05, 0) is 60.7 Å². The van der Waals surface area contributed by atoms with Crippen LogP contribution in [0.1, 0.15) is 29.9 Å². The molecule has 170 valence electrons. The summed E-state index contributed by atoms with van der Waals surface area (Å²) in [6.07, 6.45) is -0.915. The van der Waals surface area contributed by atoms with Crippen LogP contribution in [0.25, 0.3) is 22.4 Å². The van der Waals surface area contributed by atoms with E-state index in [0.717, 1.165) is 53.9 Å². The number of alkyl halides is 3. The number of aromatic nitrogens is 3. The first-order valence-corrected chi connectivity index (χ1v) is 11.3. The first kappa shape index (κ1) is 22.0. The first-order valence-electron chi connectivity index (χ1n) is 10.5. The van der Waals surface area contributed by atoms with Crippen LogP contribution in [0.4, 0.5) is 19.0 Å². The Morgan fingerprint density at radius 3 is 2.36 bits per heavy atom. The molecule has 33 heavy (non-hydrogen) atoms. The van der Waals surface area contributed by atoms with E-state index in [4.69, 9.17) is 23.2 Å². The smallest absolute Gasteiger partial charge is 0.356 e. The predicted molar refractivity (Wildman–Crippen MR) is 125 cm³/mol. The summed E-state index contributed by atoms with van der Waals surface area (Å²) in [6, 6.07) is 12.8. The number of H-pyrrole nitrogens is 1. The lowest BCUT2D eigenvalue weighted by molar-refractivity contribution is -0.137. The topological polar surface area (TPSA) is 44.8 Å². The van der Waals surface area contributed by atoms with Crippen molar-refractivity contribution in [3.63, 3.8) is 0 Å². The number of aromatic amines is 1. The molecule has 1 aliphatic heterocycles. The Labute approximate surface area is 198 Å². The van der Waals surface area contributed by atoms with Gasteiger partial charge in [-0.3, -0.25) is 0 Å². The van der Waals surface area contributed by atoms with Gasteiger partial charge in [0.05, 0.1) is 32.2 Å². The van der Waals surface area contributed by atoms with E-state index in [9.17, 15) is 13.2 Å². The van der Waals surface area contributed by atoms with E-state index >= 15 is 0 Å². The number of anilines is 1. The first-order chi connectivity index (χ1) is 15.8. The van der Waals surface area contributed by atoms with Crippen molar-refractivity contribution in [3.8, 4) is 11.4 Å². The third-order valence-corrected chi connectivity index (χ3v) is 6.79. The van der Waals surface area contributed by atoms with Crippen LogP contribution in [0, 0.1) is 0 Å². The van der Waals surface area contributed by atoms with Crippen LogP contribution >= 0.6 is 23.2 Å². The number of pyridine rings is 1. The maximum atomic E-state index is 12.9. The van der Waals surface area contributed by atoms with Crippen LogP contribution in [0.15, 0.2) is 54.7 Å². The Morgan fingerprint density at radius 1 is 0.970 bits per heavy atom. The molecule has 1 aliphatic rings. The Kier molecular flexibility index (Phi) is 5.70. The van der Waals surface area contributed by atoms with Crippen LogP contribution in [0.5, 0.6) is 0 Å². The van der Waals surface area contributed by atoms with Gasteiger partial charge >= 0.3 is 6.18 Å². The number of fused-ring (bicyclic) bond motifs is 1. The van der Waals surface area contributed by atoms with Gasteiger partial charge in [0.25, 0.3) is 0 Å². The lowest BCUT2D eigenvalue weighted by Gasteiger charge is -2.34. The standard InChI is InChI=1S/C24H19Cl2F3N4/c25-18-12-20-21(13-19(18)26)32-22(31-20)17-2-1-9-30-23(17)33-10-7-15(8-11-33)14-3-5-16(6-4-14)24(27,28)29/h1-6,9,12-13,15H,7-8,10-11H2,(H,31,32). The molecule has 0 unspecified atom stereocenters. The van der Waals surface area contributed by atoms with Gasteiger partial charge in [-0.2, -0.15) is 13.2 Å². The second-order valence-corrected chi connectivity index (χ2v) is 8.94. The van der Waals surface area contributed by atoms with Crippen molar-refractivity contribution in [1.82, 2.24) is 15.0 Å². The monoisotopic (exact) mass is 490 g/mol. The molecule has 0 saturated carbocycles. The van der Waals surface area contributed by atoms with E-state index in [-0.39, 0.29) is 5.92 Å². The normalized spacial score (nSPS) is 15.4. The van der Waals surface area contributed by atoms with Gasteiger partial charge in [0, 0.05) is 19.3 Å². The fourth-order valence-corrected chi connectivity index (χ4v) is 4.66. The van der Waals surface area contributed by atoms with E-state index in [1.54, 1.807) is 30.5 Å². The number of nitrogens with one attached hydrogen (secondary N) is 1. The molecule has 5 rings (SSSR count). The summed E-state index contributed by atoms with van der Waals surface area (Å²) in [7, 11) is 0. The van der Waals surface area contributed by atoms with Crippen LogP contribution in [0.2, 0.25) is 10.0 Å². The summed E-state index contributed by atoms with van der Waals surface area (Å²) in [5.74, 6) is 1.71.